The Balaban J connectivity index is 1.70. The molecule has 2 aliphatic carbocycles. The maximum absolute atomic E-state index is 6.51. The van der Waals surface area contributed by atoms with Crippen molar-refractivity contribution in [3.8, 4) is 0 Å². The van der Waals surface area contributed by atoms with Crippen molar-refractivity contribution in [1.82, 2.24) is 0 Å². The summed E-state index contributed by atoms with van der Waals surface area (Å²) in [5.74, 6) is 1.84. The summed E-state index contributed by atoms with van der Waals surface area (Å²) in [6.07, 6.45) is 18.8. The van der Waals surface area contributed by atoms with Crippen molar-refractivity contribution in [3.05, 3.63) is 12.2 Å². The molecule has 3 rings (SSSR count). The van der Waals surface area contributed by atoms with Crippen molar-refractivity contribution in [2.24, 2.45) is 11.8 Å². The van der Waals surface area contributed by atoms with Crippen LogP contribution in [0.25, 0.3) is 0 Å². The lowest BCUT2D eigenvalue weighted by molar-refractivity contribution is 0.0324. The first kappa shape index (κ1) is 16.6. The van der Waals surface area contributed by atoms with Crippen LogP contribution in [-0.2, 0) is 9.31 Å². The van der Waals surface area contributed by atoms with E-state index in [0.717, 1.165) is 11.8 Å². The van der Waals surface area contributed by atoms with Gasteiger partial charge in [-0.15, -0.1) is 0 Å². The van der Waals surface area contributed by atoms with Crippen molar-refractivity contribution >= 4 is 7.12 Å². The summed E-state index contributed by atoms with van der Waals surface area (Å²) in [7, 11) is -0.0185. The highest BCUT2D eigenvalue weighted by Gasteiger charge is 2.48. The van der Waals surface area contributed by atoms with Gasteiger partial charge in [0.05, 0.1) is 12.2 Å². The van der Waals surface area contributed by atoms with Crippen LogP contribution in [0.5, 0.6) is 0 Å². The summed E-state index contributed by atoms with van der Waals surface area (Å²) in [6.45, 7) is 4.31. The molecule has 1 heterocycles. The fourth-order valence-electron chi connectivity index (χ4n) is 4.82. The molecule has 3 atom stereocenters. The summed E-state index contributed by atoms with van der Waals surface area (Å²) < 4.78 is 13.0. The molecule has 0 unspecified atom stereocenters. The average molecular weight is 304 g/mol. The summed E-state index contributed by atoms with van der Waals surface area (Å²) >= 11 is 0. The first-order chi connectivity index (χ1) is 10.8. The Morgan fingerprint density at radius 3 is 1.68 bits per heavy atom. The van der Waals surface area contributed by atoms with Crippen molar-refractivity contribution in [3.63, 3.8) is 0 Å². The van der Waals surface area contributed by atoms with Crippen LogP contribution in [0.2, 0.25) is 5.82 Å². The molecule has 0 amide bonds. The van der Waals surface area contributed by atoms with E-state index < -0.39 is 0 Å². The van der Waals surface area contributed by atoms with Gasteiger partial charge in [-0.25, -0.2) is 0 Å². The molecule has 2 saturated carbocycles. The molecule has 2 nitrogen and oxygen atoms in total. The van der Waals surface area contributed by atoms with Crippen LogP contribution in [0.1, 0.15) is 78.1 Å². The fourth-order valence-corrected chi connectivity index (χ4v) is 4.82. The minimum Gasteiger partial charge on any atom is -0.405 e. The van der Waals surface area contributed by atoms with Gasteiger partial charge in [0, 0.05) is 5.82 Å². The maximum atomic E-state index is 6.51. The first-order valence-electron chi connectivity index (χ1n) is 9.73. The summed E-state index contributed by atoms with van der Waals surface area (Å²) in [6, 6.07) is 0. The quantitative estimate of drug-likeness (QED) is 0.512. The zero-order chi connectivity index (χ0) is 15.4. The smallest absolute Gasteiger partial charge is 0.405 e. The van der Waals surface area contributed by atoms with Gasteiger partial charge >= 0.3 is 7.12 Å². The van der Waals surface area contributed by atoms with E-state index in [1.54, 1.807) is 0 Å². The zero-order valence-corrected chi connectivity index (χ0v) is 14.5. The minimum absolute atomic E-state index is 0.0185. The normalized spacial score (nSPS) is 33.6. The third kappa shape index (κ3) is 3.79. The lowest BCUT2D eigenvalue weighted by Crippen LogP contribution is -2.38. The van der Waals surface area contributed by atoms with Gasteiger partial charge in [0.25, 0.3) is 0 Å². The molecule has 1 aliphatic heterocycles. The molecule has 124 valence electrons. The third-order valence-corrected chi connectivity index (χ3v) is 6.06. The molecule has 0 bridgehead atoms. The zero-order valence-electron chi connectivity index (χ0n) is 14.5. The molecule has 3 aliphatic rings. The second kappa shape index (κ2) is 8.01. The van der Waals surface area contributed by atoms with Crippen LogP contribution < -0.4 is 0 Å². The van der Waals surface area contributed by atoms with Crippen LogP contribution >= 0.6 is 0 Å². The molecule has 0 aromatic carbocycles. The van der Waals surface area contributed by atoms with Crippen molar-refractivity contribution < 1.29 is 9.31 Å². The molecule has 3 fully saturated rings. The van der Waals surface area contributed by atoms with E-state index in [1.807, 2.05) is 0 Å². The predicted molar refractivity (Wildman–Crippen MR) is 92.9 cm³/mol. The second-order valence-electron chi connectivity index (χ2n) is 7.75. The number of hydrogen-bond acceptors (Lipinski definition) is 2. The SMILES string of the molecule is C/C=C\[C@@H](C)B1O[C@H](C2CCCCC2)[C@@H](C2CCCCC2)O1. The molecule has 0 spiro atoms. The van der Waals surface area contributed by atoms with Gasteiger partial charge in [0.15, 0.2) is 0 Å². The van der Waals surface area contributed by atoms with Gasteiger partial charge in [-0.2, -0.15) is 0 Å². The number of rotatable bonds is 4. The lowest BCUT2D eigenvalue weighted by Gasteiger charge is -2.35. The second-order valence-corrected chi connectivity index (χ2v) is 7.75. The van der Waals surface area contributed by atoms with E-state index in [4.69, 9.17) is 9.31 Å². The minimum atomic E-state index is -0.0185. The largest absolute Gasteiger partial charge is 0.464 e. The van der Waals surface area contributed by atoms with Crippen molar-refractivity contribution in [2.75, 3.05) is 0 Å². The number of hydrogen-bond donors (Lipinski definition) is 0. The van der Waals surface area contributed by atoms with Gasteiger partial charge in [-0.1, -0.05) is 57.6 Å². The van der Waals surface area contributed by atoms with E-state index in [0.29, 0.717) is 18.0 Å². The van der Waals surface area contributed by atoms with Gasteiger partial charge in [0.1, 0.15) is 0 Å². The van der Waals surface area contributed by atoms with Gasteiger partial charge in [-0.3, -0.25) is 0 Å². The highest BCUT2D eigenvalue weighted by molar-refractivity contribution is 6.47. The topological polar surface area (TPSA) is 18.5 Å². The fraction of sp³-hybridized carbons (Fsp3) is 0.895. The first-order valence-corrected chi connectivity index (χ1v) is 9.73. The van der Waals surface area contributed by atoms with E-state index in [-0.39, 0.29) is 7.12 Å². The van der Waals surface area contributed by atoms with Gasteiger partial charge in [0.2, 0.25) is 0 Å². The summed E-state index contributed by atoms with van der Waals surface area (Å²) in [4.78, 5) is 0. The Morgan fingerprint density at radius 1 is 0.818 bits per heavy atom. The monoisotopic (exact) mass is 304 g/mol. The van der Waals surface area contributed by atoms with Crippen LogP contribution in [0.15, 0.2) is 12.2 Å². The molecule has 0 aromatic rings. The predicted octanol–water partition coefficient (Wildman–Crippen LogP) is 5.39. The molecule has 1 saturated heterocycles. The van der Waals surface area contributed by atoms with Crippen LogP contribution in [0.3, 0.4) is 0 Å². The Morgan fingerprint density at radius 2 is 1.27 bits per heavy atom. The molecule has 0 aromatic heterocycles. The molecule has 3 heteroatoms. The molecule has 0 N–H and O–H groups in total. The Kier molecular flexibility index (Phi) is 6.04. The highest BCUT2D eigenvalue weighted by Crippen LogP contribution is 2.42. The van der Waals surface area contributed by atoms with Gasteiger partial charge < -0.3 is 9.31 Å². The Labute approximate surface area is 137 Å². The summed E-state index contributed by atoms with van der Waals surface area (Å²) in [5, 5.41) is 0. The van der Waals surface area contributed by atoms with Crippen LogP contribution in [-0.4, -0.2) is 19.3 Å². The molecular formula is C19H33BO2. The molecule has 0 radical (unpaired) electrons. The average Bonchev–Trinajstić information content (AvgIpc) is 3.02. The Hall–Kier alpha value is -0.275. The van der Waals surface area contributed by atoms with Crippen molar-refractivity contribution in [1.29, 1.82) is 0 Å². The van der Waals surface area contributed by atoms with E-state index >= 15 is 0 Å². The van der Waals surface area contributed by atoms with Crippen LogP contribution in [0.4, 0.5) is 0 Å². The standard InChI is InChI=1S/C19H33BO2/c1-3-10-15(2)20-21-18(16-11-6-4-7-12-16)19(22-20)17-13-8-5-9-14-17/h3,10,15-19H,4-9,11-14H2,1-2H3/b10-3-/t15-,18-,19-/m1/s1. The molecular weight excluding hydrogens is 271 g/mol. The van der Waals surface area contributed by atoms with Crippen LogP contribution in [0, 0.1) is 11.8 Å². The maximum Gasteiger partial charge on any atom is 0.464 e. The van der Waals surface area contributed by atoms with Crippen molar-refractivity contribution in [2.45, 2.75) is 96.1 Å². The van der Waals surface area contributed by atoms with Gasteiger partial charge in [-0.05, 0) is 44.4 Å². The highest BCUT2D eigenvalue weighted by atomic mass is 16.7. The van der Waals surface area contributed by atoms with E-state index in [2.05, 4.69) is 26.0 Å². The Bertz CT molecular complexity index is 332. The van der Waals surface area contributed by atoms with E-state index in [9.17, 15) is 0 Å². The van der Waals surface area contributed by atoms with E-state index in [1.165, 1.54) is 64.2 Å². The third-order valence-electron chi connectivity index (χ3n) is 6.06. The molecule has 22 heavy (non-hydrogen) atoms. The summed E-state index contributed by atoms with van der Waals surface area (Å²) in [5.41, 5.74) is 0. The number of allylic oxidation sites excluding steroid dienone is 2. The lowest BCUT2D eigenvalue weighted by atomic mass is 9.73.